The first-order valence-corrected chi connectivity index (χ1v) is 8.21. The summed E-state index contributed by atoms with van der Waals surface area (Å²) in [6.07, 6.45) is 2.00. The van der Waals surface area contributed by atoms with Crippen LogP contribution in [-0.4, -0.2) is 32.6 Å². The highest BCUT2D eigenvalue weighted by atomic mass is 16.4. The topological polar surface area (TPSA) is 121 Å². The number of rotatable bonds is 5. The largest absolute Gasteiger partial charge is 0.481 e. The zero-order valence-electron chi connectivity index (χ0n) is 13.5. The van der Waals surface area contributed by atoms with Crippen LogP contribution in [0, 0.1) is 5.92 Å². The van der Waals surface area contributed by atoms with Gasteiger partial charge in [-0.15, -0.1) is 0 Å². The van der Waals surface area contributed by atoms with Crippen molar-refractivity contribution in [3.63, 3.8) is 0 Å². The molecule has 2 atom stereocenters. The number of carbonyl (C=O) groups excluding carboxylic acids is 1. The molecule has 1 aliphatic carbocycles. The molecule has 0 aliphatic heterocycles. The number of hydrogen-bond donors (Lipinski definition) is 3. The van der Waals surface area contributed by atoms with Gasteiger partial charge in [-0.2, -0.15) is 0 Å². The van der Waals surface area contributed by atoms with Crippen molar-refractivity contribution in [1.82, 2.24) is 14.9 Å². The van der Waals surface area contributed by atoms with Gasteiger partial charge in [-0.25, -0.2) is 4.79 Å². The van der Waals surface area contributed by atoms with Gasteiger partial charge < -0.3 is 10.4 Å². The quantitative estimate of drug-likeness (QED) is 0.726. The van der Waals surface area contributed by atoms with Gasteiger partial charge in [-0.3, -0.25) is 23.9 Å². The fourth-order valence-corrected chi connectivity index (χ4v) is 3.39. The van der Waals surface area contributed by atoms with Crippen LogP contribution in [0.1, 0.15) is 25.7 Å². The van der Waals surface area contributed by atoms with Crippen LogP contribution in [0.4, 0.5) is 0 Å². The van der Waals surface area contributed by atoms with Crippen LogP contribution < -0.4 is 16.6 Å². The minimum Gasteiger partial charge on any atom is -0.481 e. The molecular weight excluding hydrogens is 326 g/mol. The number of carbonyl (C=O) groups is 2. The summed E-state index contributed by atoms with van der Waals surface area (Å²) < 4.78 is 1.35. The van der Waals surface area contributed by atoms with E-state index in [1.54, 1.807) is 24.3 Å². The van der Waals surface area contributed by atoms with Crippen molar-refractivity contribution >= 4 is 22.8 Å². The molecule has 8 heteroatoms. The zero-order valence-corrected chi connectivity index (χ0v) is 13.5. The third-order valence-electron chi connectivity index (χ3n) is 4.65. The molecule has 0 saturated heterocycles. The molecule has 132 valence electrons. The Hall–Kier alpha value is -2.90. The highest BCUT2D eigenvalue weighted by Crippen LogP contribution is 2.25. The standard InChI is InChI=1S/C17H19N3O5/c21-14(18-12-6-3-5-10(12)16(23)24)8-9-20-13-7-2-1-4-11(13)15(22)19-17(20)25/h1-2,4,7,10,12H,3,5-6,8-9H2,(H,18,21)(H,23,24)(H,19,22,25)/t10-,12+/m1/s1. The minimum atomic E-state index is -0.898. The van der Waals surface area contributed by atoms with Gasteiger partial charge in [0.05, 0.1) is 16.8 Å². The second-order valence-electron chi connectivity index (χ2n) is 6.23. The Kier molecular flexibility index (Phi) is 4.69. The number of amides is 1. The number of fused-ring (bicyclic) bond motifs is 1. The van der Waals surface area contributed by atoms with Crippen LogP contribution in [0.3, 0.4) is 0 Å². The molecule has 25 heavy (non-hydrogen) atoms. The van der Waals surface area contributed by atoms with Gasteiger partial charge in [-0.1, -0.05) is 18.6 Å². The predicted molar refractivity (Wildman–Crippen MR) is 90.4 cm³/mol. The number of aryl methyl sites for hydroxylation is 1. The summed E-state index contributed by atoms with van der Waals surface area (Å²) in [6.45, 7) is 0.104. The number of nitrogens with zero attached hydrogens (tertiary/aromatic N) is 1. The van der Waals surface area contributed by atoms with Gasteiger partial charge in [0.2, 0.25) is 5.91 Å². The Labute approximate surface area is 142 Å². The van der Waals surface area contributed by atoms with Gasteiger partial charge in [0.15, 0.2) is 0 Å². The third-order valence-corrected chi connectivity index (χ3v) is 4.65. The van der Waals surface area contributed by atoms with Crippen LogP contribution in [0.5, 0.6) is 0 Å². The molecule has 0 unspecified atom stereocenters. The van der Waals surface area contributed by atoms with E-state index >= 15 is 0 Å². The summed E-state index contributed by atoms with van der Waals surface area (Å²) in [7, 11) is 0. The van der Waals surface area contributed by atoms with Crippen molar-refractivity contribution in [3.05, 3.63) is 45.1 Å². The number of nitrogens with one attached hydrogen (secondary N) is 2. The fraction of sp³-hybridized carbons (Fsp3) is 0.412. The van der Waals surface area contributed by atoms with E-state index in [-0.39, 0.29) is 24.9 Å². The predicted octanol–water partition coefficient (Wildman–Crippen LogP) is 0.449. The van der Waals surface area contributed by atoms with Crippen molar-refractivity contribution in [2.75, 3.05) is 0 Å². The van der Waals surface area contributed by atoms with Gasteiger partial charge in [0.1, 0.15) is 0 Å². The summed E-state index contributed by atoms with van der Waals surface area (Å²) in [5.41, 5.74) is -0.564. The summed E-state index contributed by atoms with van der Waals surface area (Å²) in [5.74, 6) is -1.76. The number of aromatic amines is 1. The van der Waals surface area contributed by atoms with Crippen LogP contribution in [0.25, 0.3) is 10.9 Å². The van der Waals surface area contributed by atoms with Crippen molar-refractivity contribution < 1.29 is 14.7 Å². The van der Waals surface area contributed by atoms with Gasteiger partial charge >= 0.3 is 11.7 Å². The Morgan fingerprint density at radius 2 is 2.00 bits per heavy atom. The second-order valence-corrected chi connectivity index (χ2v) is 6.23. The van der Waals surface area contributed by atoms with E-state index in [2.05, 4.69) is 10.3 Å². The van der Waals surface area contributed by atoms with Crippen molar-refractivity contribution in [3.8, 4) is 0 Å². The van der Waals surface area contributed by atoms with E-state index in [9.17, 15) is 19.2 Å². The van der Waals surface area contributed by atoms with Gasteiger partial charge in [0.25, 0.3) is 5.56 Å². The SMILES string of the molecule is O=C(CCn1c(=O)[nH]c(=O)c2ccccc21)N[C@H]1CCC[C@H]1C(=O)O. The third kappa shape index (κ3) is 3.47. The Morgan fingerprint density at radius 3 is 2.76 bits per heavy atom. The van der Waals surface area contributed by atoms with Crippen LogP contribution in [-0.2, 0) is 16.1 Å². The maximum absolute atomic E-state index is 12.2. The molecule has 0 bridgehead atoms. The van der Waals surface area contributed by atoms with E-state index in [0.717, 1.165) is 6.42 Å². The number of hydrogen-bond acceptors (Lipinski definition) is 4. The van der Waals surface area contributed by atoms with E-state index in [1.807, 2.05) is 0 Å². The number of para-hydroxylation sites is 1. The average Bonchev–Trinajstić information content (AvgIpc) is 3.03. The molecule has 3 rings (SSSR count). The number of H-pyrrole nitrogens is 1. The second kappa shape index (κ2) is 6.92. The molecule has 1 amide bonds. The van der Waals surface area contributed by atoms with Gasteiger partial charge in [-0.05, 0) is 25.0 Å². The lowest BCUT2D eigenvalue weighted by Gasteiger charge is -2.18. The first-order valence-electron chi connectivity index (χ1n) is 8.21. The van der Waals surface area contributed by atoms with Crippen LogP contribution >= 0.6 is 0 Å². The maximum atomic E-state index is 12.2. The van der Waals surface area contributed by atoms with Crippen molar-refractivity contribution in [2.45, 2.75) is 38.3 Å². The van der Waals surface area contributed by atoms with E-state index in [0.29, 0.717) is 23.7 Å². The number of carboxylic acid groups (broad SMARTS) is 1. The molecule has 1 saturated carbocycles. The molecule has 8 nitrogen and oxygen atoms in total. The highest BCUT2D eigenvalue weighted by Gasteiger charge is 2.33. The number of aliphatic carboxylic acids is 1. The number of carboxylic acids is 1. The van der Waals surface area contributed by atoms with Crippen molar-refractivity contribution in [1.29, 1.82) is 0 Å². The number of aromatic nitrogens is 2. The maximum Gasteiger partial charge on any atom is 0.328 e. The number of benzene rings is 1. The van der Waals surface area contributed by atoms with E-state index < -0.39 is 23.1 Å². The lowest BCUT2D eigenvalue weighted by Crippen LogP contribution is -2.41. The molecule has 2 aromatic rings. The van der Waals surface area contributed by atoms with Crippen LogP contribution in [0.15, 0.2) is 33.9 Å². The Morgan fingerprint density at radius 1 is 1.24 bits per heavy atom. The van der Waals surface area contributed by atoms with E-state index in [1.165, 1.54) is 4.57 Å². The molecule has 0 radical (unpaired) electrons. The summed E-state index contributed by atoms with van der Waals surface area (Å²) in [5, 5.41) is 12.3. The monoisotopic (exact) mass is 345 g/mol. The summed E-state index contributed by atoms with van der Waals surface area (Å²) >= 11 is 0. The molecule has 1 aromatic heterocycles. The molecule has 1 aliphatic rings. The van der Waals surface area contributed by atoms with Gasteiger partial charge in [0, 0.05) is 19.0 Å². The molecule has 1 fully saturated rings. The lowest BCUT2D eigenvalue weighted by molar-refractivity contribution is -0.142. The molecule has 3 N–H and O–H groups in total. The molecule has 0 spiro atoms. The molecular formula is C17H19N3O5. The lowest BCUT2D eigenvalue weighted by atomic mass is 10.0. The average molecular weight is 345 g/mol. The van der Waals surface area contributed by atoms with Crippen LogP contribution in [0.2, 0.25) is 0 Å². The molecule has 1 aromatic carbocycles. The zero-order chi connectivity index (χ0) is 18.0. The minimum absolute atomic E-state index is 0.0266. The Balaban J connectivity index is 1.73. The van der Waals surface area contributed by atoms with E-state index in [4.69, 9.17) is 5.11 Å². The first kappa shape index (κ1) is 16.9. The van der Waals surface area contributed by atoms with Crippen molar-refractivity contribution in [2.24, 2.45) is 5.92 Å². The fourth-order valence-electron chi connectivity index (χ4n) is 3.39. The summed E-state index contributed by atoms with van der Waals surface area (Å²) in [6, 6.07) is 6.31. The summed E-state index contributed by atoms with van der Waals surface area (Å²) in [4.78, 5) is 49.4. The first-order chi connectivity index (χ1) is 12.0. The Bertz CT molecular complexity index is 930. The highest BCUT2D eigenvalue weighted by molar-refractivity contribution is 5.79. The smallest absolute Gasteiger partial charge is 0.328 e. The molecule has 1 heterocycles. The normalized spacial score (nSPS) is 19.8.